The maximum atomic E-state index is 12.1. The zero-order valence-electron chi connectivity index (χ0n) is 12.1. The molecule has 3 rings (SSSR count). The molecule has 4 nitrogen and oxygen atoms in total. The number of carbonyl (C=O) groups is 1. The van der Waals surface area contributed by atoms with Crippen LogP contribution in [0.2, 0.25) is 0 Å². The zero-order chi connectivity index (χ0) is 13.9. The second-order valence-electron chi connectivity index (χ2n) is 5.92. The molecule has 1 amide bonds. The van der Waals surface area contributed by atoms with E-state index >= 15 is 0 Å². The Morgan fingerprint density at radius 3 is 2.50 bits per heavy atom. The molecule has 1 aromatic carbocycles. The molecule has 0 atom stereocenters. The molecule has 0 radical (unpaired) electrons. The quantitative estimate of drug-likeness (QED) is 0.917. The second kappa shape index (κ2) is 5.83. The molecule has 0 aromatic heterocycles. The molecule has 2 fully saturated rings. The first-order valence-corrected chi connectivity index (χ1v) is 7.57. The van der Waals surface area contributed by atoms with Crippen LogP contribution in [0.15, 0.2) is 24.3 Å². The van der Waals surface area contributed by atoms with Gasteiger partial charge in [-0.1, -0.05) is 18.6 Å². The van der Waals surface area contributed by atoms with E-state index < -0.39 is 0 Å². The second-order valence-corrected chi connectivity index (χ2v) is 5.92. The first kappa shape index (κ1) is 13.4. The summed E-state index contributed by atoms with van der Waals surface area (Å²) in [6, 6.07) is 8.18. The molecule has 2 aliphatic rings. The number of nitrogens with one attached hydrogen (secondary N) is 1. The third-order valence-electron chi connectivity index (χ3n) is 4.48. The van der Waals surface area contributed by atoms with E-state index in [9.17, 15) is 4.79 Å². The van der Waals surface area contributed by atoms with Gasteiger partial charge in [0.05, 0.1) is 11.4 Å². The summed E-state index contributed by atoms with van der Waals surface area (Å²) >= 11 is 0. The van der Waals surface area contributed by atoms with E-state index in [1.807, 2.05) is 18.2 Å². The van der Waals surface area contributed by atoms with Gasteiger partial charge in [0.1, 0.15) is 0 Å². The fourth-order valence-corrected chi connectivity index (χ4v) is 2.81. The summed E-state index contributed by atoms with van der Waals surface area (Å²) in [6.45, 7) is 4.19. The molecule has 20 heavy (non-hydrogen) atoms. The lowest BCUT2D eigenvalue weighted by atomic mass is 9.85. The van der Waals surface area contributed by atoms with Crippen molar-refractivity contribution < 1.29 is 4.79 Å². The minimum atomic E-state index is 0.192. The molecule has 0 spiro atoms. The highest BCUT2D eigenvalue weighted by molar-refractivity contribution is 5.96. The molecular formula is C16H23N3O. The van der Waals surface area contributed by atoms with Crippen molar-refractivity contribution in [3.8, 4) is 0 Å². The molecule has 4 heteroatoms. The Kier molecular flexibility index (Phi) is 3.92. The molecule has 1 saturated carbocycles. The average molecular weight is 273 g/mol. The number of nitrogens with zero attached hydrogens (tertiary/aromatic N) is 2. The Labute approximate surface area is 120 Å². The lowest BCUT2D eigenvalue weighted by Gasteiger charge is -2.35. The van der Waals surface area contributed by atoms with E-state index in [2.05, 4.69) is 28.2 Å². The smallest absolute Gasteiger partial charge is 0.227 e. The van der Waals surface area contributed by atoms with Crippen molar-refractivity contribution in [2.24, 2.45) is 5.92 Å². The van der Waals surface area contributed by atoms with Crippen LogP contribution in [0.25, 0.3) is 0 Å². The van der Waals surface area contributed by atoms with Crippen LogP contribution < -0.4 is 10.2 Å². The SMILES string of the molecule is CN1CCN(c2ccccc2NC(=O)C2CCC2)CC1. The number of benzene rings is 1. The standard InChI is InChI=1S/C16H23N3O/c1-18-9-11-19(12-10-18)15-8-3-2-7-14(15)17-16(20)13-5-4-6-13/h2-3,7-8,13H,4-6,9-12H2,1H3,(H,17,20). The number of para-hydroxylation sites is 2. The van der Waals surface area contributed by atoms with E-state index in [-0.39, 0.29) is 11.8 Å². The lowest BCUT2D eigenvalue weighted by molar-refractivity contribution is -0.122. The summed E-state index contributed by atoms with van der Waals surface area (Å²) in [4.78, 5) is 16.9. The third-order valence-corrected chi connectivity index (χ3v) is 4.48. The van der Waals surface area contributed by atoms with Crippen molar-refractivity contribution in [2.75, 3.05) is 43.4 Å². The molecule has 1 aliphatic heterocycles. The van der Waals surface area contributed by atoms with Crippen molar-refractivity contribution in [3.63, 3.8) is 0 Å². The molecule has 1 heterocycles. The molecule has 1 aliphatic carbocycles. The van der Waals surface area contributed by atoms with Crippen LogP contribution in [0.4, 0.5) is 11.4 Å². The summed E-state index contributed by atoms with van der Waals surface area (Å²) in [5.41, 5.74) is 2.13. The summed E-state index contributed by atoms with van der Waals surface area (Å²) in [5, 5.41) is 3.13. The Balaban J connectivity index is 1.72. The number of hydrogen-bond acceptors (Lipinski definition) is 3. The average Bonchev–Trinajstić information content (AvgIpc) is 2.38. The van der Waals surface area contributed by atoms with Crippen LogP contribution in [0.3, 0.4) is 0 Å². The predicted molar refractivity (Wildman–Crippen MR) is 82.1 cm³/mol. The molecule has 1 aromatic rings. The van der Waals surface area contributed by atoms with Gasteiger partial charge in [-0.15, -0.1) is 0 Å². The van der Waals surface area contributed by atoms with Gasteiger partial charge < -0.3 is 15.1 Å². The van der Waals surface area contributed by atoms with Crippen molar-refractivity contribution in [3.05, 3.63) is 24.3 Å². The lowest BCUT2D eigenvalue weighted by Crippen LogP contribution is -2.44. The van der Waals surface area contributed by atoms with E-state index in [1.54, 1.807) is 0 Å². The van der Waals surface area contributed by atoms with E-state index in [0.717, 1.165) is 50.4 Å². The van der Waals surface area contributed by atoms with Gasteiger partial charge >= 0.3 is 0 Å². The van der Waals surface area contributed by atoms with Crippen LogP contribution in [-0.2, 0) is 4.79 Å². The van der Waals surface area contributed by atoms with Gasteiger partial charge in [-0.25, -0.2) is 0 Å². The molecule has 1 saturated heterocycles. The van der Waals surface area contributed by atoms with Gasteiger partial charge in [0.15, 0.2) is 0 Å². The van der Waals surface area contributed by atoms with Gasteiger partial charge in [-0.2, -0.15) is 0 Å². The zero-order valence-corrected chi connectivity index (χ0v) is 12.1. The van der Waals surface area contributed by atoms with E-state index in [0.29, 0.717) is 0 Å². The Hall–Kier alpha value is -1.55. The highest BCUT2D eigenvalue weighted by Crippen LogP contribution is 2.31. The summed E-state index contributed by atoms with van der Waals surface area (Å²) in [5.74, 6) is 0.424. The number of amides is 1. The molecule has 0 bridgehead atoms. The summed E-state index contributed by atoms with van der Waals surface area (Å²) in [7, 11) is 2.15. The summed E-state index contributed by atoms with van der Waals surface area (Å²) < 4.78 is 0. The van der Waals surface area contributed by atoms with Gasteiger partial charge in [0.2, 0.25) is 5.91 Å². The number of likely N-dealkylation sites (N-methyl/N-ethyl adjacent to an activating group) is 1. The van der Waals surface area contributed by atoms with E-state index in [4.69, 9.17) is 0 Å². The fourth-order valence-electron chi connectivity index (χ4n) is 2.81. The van der Waals surface area contributed by atoms with Crippen LogP contribution in [0.5, 0.6) is 0 Å². The Morgan fingerprint density at radius 2 is 1.85 bits per heavy atom. The Morgan fingerprint density at radius 1 is 1.15 bits per heavy atom. The molecule has 0 unspecified atom stereocenters. The van der Waals surface area contributed by atoms with Gasteiger partial charge in [-0.3, -0.25) is 4.79 Å². The maximum Gasteiger partial charge on any atom is 0.227 e. The Bertz CT molecular complexity index is 476. The van der Waals surface area contributed by atoms with Crippen molar-refractivity contribution in [2.45, 2.75) is 19.3 Å². The number of hydrogen-bond donors (Lipinski definition) is 1. The van der Waals surface area contributed by atoms with Crippen LogP contribution in [0.1, 0.15) is 19.3 Å². The number of anilines is 2. The normalized spacial score (nSPS) is 20.6. The monoisotopic (exact) mass is 273 g/mol. The van der Waals surface area contributed by atoms with Gasteiger partial charge in [0.25, 0.3) is 0 Å². The number of piperazine rings is 1. The maximum absolute atomic E-state index is 12.1. The van der Waals surface area contributed by atoms with Crippen molar-refractivity contribution in [1.29, 1.82) is 0 Å². The van der Waals surface area contributed by atoms with Crippen molar-refractivity contribution in [1.82, 2.24) is 4.90 Å². The van der Waals surface area contributed by atoms with Crippen LogP contribution in [-0.4, -0.2) is 44.0 Å². The van der Waals surface area contributed by atoms with Crippen LogP contribution >= 0.6 is 0 Å². The number of carbonyl (C=O) groups excluding carboxylic acids is 1. The highest BCUT2D eigenvalue weighted by atomic mass is 16.1. The summed E-state index contributed by atoms with van der Waals surface area (Å²) in [6.07, 6.45) is 3.28. The first-order chi connectivity index (χ1) is 9.74. The van der Waals surface area contributed by atoms with Crippen molar-refractivity contribution >= 4 is 17.3 Å². The van der Waals surface area contributed by atoms with Gasteiger partial charge in [-0.05, 0) is 32.0 Å². The fraction of sp³-hybridized carbons (Fsp3) is 0.562. The topological polar surface area (TPSA) is 35.6 Å². The van der Waals surface area contributed by atoms with Crippen LogP contribution in [0, 0.1) is 5.92 Å². The minimum Gasteiger partial charge on any atom is -0.367 e. The largest absolute Gasteiger partial charge is 0.367 e. The minimum absolute atomic E-state index is 0.192. The highest BCUT2D eigenvalue weighted by Gasteiger charge is 2.26. The van der Waals surface area contributed by atoms with E-state index in [1.165, 1.54) is 6.42 Å². The van der Waals surface area contributed by atoms with Gasteiger partial charge in [0, 0.05) is 32.1 Å². The molecule has 108 valence electrons. The molecule has 1 N–H and O–H groups in total. The molecular weight excluding hydrogens is 250 g/mol. The first-order valence-electron chi connectivity index (χ1n) is 7.57. The third kappa shape index (κ3) is 2.80. The number of rotatable bonds is 3. The predicted octanol–water partition coefficient (Wildman–Crippen LogP) is 2.18.